The number of aliphatic hydroxyl groups is 1. The standard InChI is InChI=1S/C13H19N3O3/c1-9(14-2)13(19)15-7-12(18)16-11-5-3-10(8-17)4-6-11/h3-6,9,14,17H,7-8H2,1-2H3,(H,15,19)(H,16,18). The third-order valence-electron chi connectivity index (χ3n) is 2.67. The molecule has 0 fully saturated rings. The van der Waals surface area contributed by atoms with Crippen LogP contribution in [0.15, 0.2) is 24.3 Å². The molecule has 1 aromatic carbocycles. The van der Waals surface area contributed by atoms with Gasteiger partial charge in [0.1, 0.15) is 0 Å². The van der Waals surface area contributed by atoms with Gasteiger partial charge in [-0.1, -0.05) is 12.1 Å². The van der Waals surface area contributed by atoms with Crippen molar-refractivity contribution in [3.63, 3.8) is 0 Å². The number of likely N-dealkylation sites (N-methyl/N-ethyl adjacent to an activating group) is 1. The van der Waals surface area contributed by atoms with E-state index in [9.17, 15) is 9.59 Å². The number of nitrogens with one attached hydrogen (secondary N) is 3. The fraction of sp³-hybridized carbons (Fsp3) is 0.385. The lowest BCUT2D eigenvalue weighted by atomic mass is 10.2. The molecule has 0 aliphatic rings. The molecule has 4 N–H and O–H groups in total. The van der Waals surface area contributed by atoms with Crippen molar-refractivity contribution in [3.05, 3.63) is 29.8 Å². The molecular formula is C13H19N3O3. The summed E-state index contributed by atoms with van der Waals surface area (Å²) in [6, 6.07) is 6.49. The Labute approximate surface area is 112 Å². The van der Waals surface area contributed by atoms with Crippen LogP contribution in [0.2, 0.25) is 0 Å². The molecule has 2 amide bonds. The van der Waals surface area contributed by atoms with Crippen LogP contribution in [0.1, 0.15) is 12.5 Å². The number of carbonyl (C=O) groups excluding carboxylic acids is 2. The molecule has 1 unspecified atom stereocenters. The Hall–Kier alpha value is -1.92. The first-order chi connectivity index (χ1) is 9.06. The largest absolute Gasteiger partial charge is 0.392 e. The van der Waals surface area contributed by atoms with E-state index in [1.807, 2.05) is 0 Å². The Bertz CT molecular complexity index is 431. The van der Waals surface area contributed by atoms with Crippen LogP contribution in [0.5, 0.6) is 0 Å². The van der Waals surface area contributed by atoms with Crippen LogP contribution in [0.4, 0.5) is 5.69 Å². The quantitative estimate of drug-likeness (QED) is 0.575. The number of hydrogen-bond acceptors (Lipinski definition) is 4. The van der Waals surface area contributed by atoms with E-state index in [0.717, 1.165) is 5.56 Å². The monoisotopic (exact) mass is 265 g/mol. The summed E-state index contributed by atoms with van der Waals surface area (Å²) in [6.07, 6.45) is 0. The molecule has 1 aromatic rings. The molecule has 0 heterocycles. The van der Waals surface area contributed by atoms with Gasteiger partial charge in [-0.25, -0.2) is 0 Å². The van der Waals surface area contributed by atoms with Gasteiger partial charge in [0, 0.05) is 5.69 Å². The summed E-state index contributed by atoms with van der Waals surface area (Å²) in [7, 11) is 1.67. The maximum atomic E-state index is 11.6. The Kier molecular flexibility index (Phi) is 5.98. The maximum Gasteiger partial charge on any atom is 0.243 e. The van der Waals surface area contributed by atoms with Gasteiger partial charge < -0.3 is 21.1 Å². The van der Waals surface area contributed by atoms with Gasteiger partial charge in [-0.2, -0.15) is 0 Å². The molecule has 0 saturated carbocycles. The predicted molar refractivity (Wildman–Crippen MR) is 72.5 cm³/mol. The van der Waals surface area contributed by atoms with E-state index >= 15 is 0 Å². The molecule has 0 spiro atoms. The molecule has 19 heavy (non-hydrogen) atoms. The van der Waals surface area contributed by atoms with Crippen LogP contribution in [-0.4, -0.2) is 36.6 Å². The van der Waals surface area contributed by atoms with Crippen molar-refractivity contribution in [2.45, 2.75) is 19.6 Å². The van der Waals surface area contributed by atoms with Gasteiger partial charge in [0.2, 0.25) is 11.8 Å². The molecular weight excluding hydrogens is 246 g/mol. The second-order valence-corrected chi connectivity index (χ2v) is 4.13. The van der Waals surface area contributed by atoms with E-state index in [2.05, 4.69) is 16.0 Å². The first-order valence-corrected chi connectivity index (χ1v) is 6.01. The van der Waals surface area contributed by atoms with E-state index in [0.29, 0.717) is 5.69 Å². The summed E-state index contributed by atoms with van der Waals surface area (Å²) in [6.45, 7) is 1.60. The van der Waals surface area contributed by atoms with Crippen LogP contribution in [-0.2, 0) is 16.2 Å². The van der Waals surface area contributed by atoms with Gasteiger partial charge in [-0.3, -0.25) is 9.59 Å². The average molecular weight is 265 g/mol. The van der Waals surface area contributed by atoms with E-state index in [1.165, 1.54) is 0 Å². The van der Waals surface area contributed by atoms with Crippen LogP contribution < -0.4 is 16.0 Å². The minimum absolute atomic E-state index is 0.0355. The molecule has 1 atom stereocenters. The highest BCUT2D eigenvalue weighted by Gasteiger charge is 2.11. The van der Waals surface area contributed by atoms with Crippen molar-refractivity contribution in [1.29, 1.82) is 0 Å². The molecule has 6 heteroatoms. The zero-order valence-electron chi connectivity index (χ0n) is 11.1. The number of benzene rings is 1. The molecule has 0 radical (unpaired) electrons. The van der Waals surface area contributed by atoms with Crippen molar-refractivity contribution < 1.29 is 14.7 Å². The predicted octanol–water partition coefficient (Wildman–Crippen LogP) is -0.158. The van der Waals surface area contributed by atoms with Crippen LogP contribution in [0, 0.1) is 0 Å². The Balaban J connectivity index is 2.40. The Morgan fingerprint density at radius 2 is 1.89 bits per heavy atom. The molecule has 6 nitrogen and oxygen atoms in total. The summed E-state index contributed by atoms with van der Waals surface area (Å²) >= 11 is 0. The SMILES string of the molecule is CNC(C)C(=O)NCC(=O)Nc1ccc(CO)cc1. The normalized spacial score (nSPS) is 11.7. The molecule has 1 rings (SSSR count). The molecule has 0 aliphatic heterocycles. The highest BCUT2D eigenvalue weighted by molar-refractivity contribution is 5.95. The number of anilines is 1. The summed E-state index contributed by atoms with van der Waals surface area (Å²) in [5.41, 5.74) is 1.40. The van der Waals surface area contributed by atoms with Crippen molar-refractivity contribution in [2.75, 3.05) is 18.9 Å². The lowest BCUT2D eigenvalue weighted by Crippen LogP contribution is -2.43. The lowest BCUT2D eigenvalue weighted by Gasteiger charge is -2.11. The van der Waals surface area contributed by atoms with Gasteiger partial charge in [-0.15, -0.1) is 0 Å². The minimum Gasteiger partial charge on any atom is -0.392 e. The van der Waals surface area contributed by atoms with Gasteiger partial charge in [0.25, 0.3) is 0 Å². The third kappa shape index (κ3) is 5.07. The molecule has 0 bridgehead atoms. The molecule has 0 saturated heterocycles. The summed E-state index contributed by atoms with van der Waals surface area (Å²) < 4.78 is 0. The lowest BCUT2D eigenvalue weighted by molar-refractivity contribution is -0.125. The Morgan fingerprint density at radius 3 is 2.42 bits per heavy atom. The second kappa shape index (κ2) is 7.50. The average Bonchev–Trinajstić information content (AvgIpc) is 2.44. The van der Waals surface area contributed by atoms with Gasteiger partial charge >= 0.3 is 0 Å². The van der Waals surface area contributed by atoms with E-state index in [1.54, 1.807) is 38.2 Å². The number of hydrogen-bond donors (Lipinski definition) is 4. The molecule has 104 valence electrons. The van der Waals surface area contributed by atoms with Gasteiger partial charge in [-0.05, 0) is 31.7 Å². The zero-order valence-corrected chi connectivity index (χ0v) is 11.1. The first kappa shape index (κ1) is 15.1. The number of amides is 2. The Morgan fingerprint density at radius 1 is 1.26 bits per heavy atom. The fourth-order valence-electron chi connectivity index (χ4n) is 1.35. The van der Waals surface area contributed by atoms with Crippen LogP contribution >= 0.6 is 0 Å². The summed E-state index contributed by atoms with van der Waals surface area (Å²) in [5.74, 6) is -0.526. The zero-order chi connectivity index (χ0) is 14.3. The summed E-state index contributed by atoms with van der Waals surface area (Å²) in [5, 5.41) is 16.8. The minimum atomic E-state index is -0.336. The van der Waals surface area contributed by atoms with Gasteiger partial charge in [0.05, 0.1) is 19.2 Å². The first-order valence-electron chi connectivity index (χ1n) is 6.01. The van der Waals surface area contributed by atoms with Gasteiger partial charge in [0.15, 0.2) is 0 Å². The van der Waals surface area contributed by atoms with Crippen LogP contribution in [0.3, 0.4) is 0 Å². The van der Waals surface area contributed by atoms with Crippen molar-refractivity contribution in [2.24, 2.45) is 0 Å². The molecule has 0 aliphatic carbocycles. The second-order valence-electron chi connectivity index (χ2n) is 4.13. The number of aliphatic hydroxyl groups excluding tert-OH is 1. The van der Waals surface area contributed by atoms with Crippen LogP contribution in [0.25, 0.3) is 0 Å². The van der Waals surface area contributed by atoms with E-state index in [4.69, 9.17) is 5.11 Å². The van der Waals surface area contributed by atoms with E-state index in [-0.39, 0.29) is 31.0 Å². The fourth-order valence-corrected chi connectivity index (χ4v) is 1.35. The highest BCUT2D eigenvalue weighted by Crippen LogP contribution is 2.08. The summed E-state index contributed by atoms with van der Waals surface area (Å²) in [4.78, 5) is 23.0. The van der Waals surface area contributed by atoms with E-state index < -0.39 is 0 Å². The van der Waals surface area contributed by atoms with Crippen molar-refractivity contribution >= 4 is 17.5 Å². The smallest absolute Gasteiger partial charge is 0.243 e. The third-order valence-corrected chi connectivity index (χ3v) is 2.67. The highest BCUT2D eigenvalue weighted by atomic mass is 16.3. The molecule has 0 aromatic heterocycles. The van der Waals surface area contributed by atoms with Crippen molar-refractivity contribution in [1.82, 2.24) is 10.6 Å². The van der Waals surface area contributed by atoms with Crippen molar-refractivity contribution in [3.8, 4) is 0 Å². The number of rotatable bonds is 6. The number of carbonyl (C=O) groups is 2. The maximum absolute atomic E-state index is 11.6. The topological polar surface area (TPSA) is 90.5 Å².